The number of halogens is 1. The fourth-order valence-corrected chi connectivity index (χ4v) is 2.29. The summed E-state index contributed by atoms with van der Waals surface area (Å²) in [5, 5.41) is 9.31. The molecular formula is C17H14BrNO2. The van der Waals surface area contributed by atoms with Crippen LogP contribution in [0.1, 0.15) is 24.0 Å². The van der Waals surface area contributed by atoms with Crippen molar-refractivity contribution in [2.75, 3.05) is 0 Å². The molecule has 0 bridgehead atoms. The Balaban J connectivity index is 1.87. The van der Waals surface area contributed by atoms with Crippen molar-refractivity contribution in [3.63, 3.8) is 0 Å². The minimum atomic E-state index is 0.272. The Morgan fingerprint density at radius 2 is 1.86 bits per heavy atom. The fourth-order valence-electron chi connectivity index (χ4n) is 2.03. The summed E-state index contributed by atoms with van der Waals surface area (Å²) in [7, 11) is 0. The number of aryl methyl sites for hydroxylation is 1. The second kappa shape index (κ2) is 5.79. The molecule has 0 aliphatic heterocycles. The lowest BCUT2D eigenvalue weighted by Crippen LogP contribution is -2.01. The van der Waals surface area contributed by atoms with Gasteiger partial charge in [-0.1, -0.05) is 15.9 Å². The normalized spacial score (nSPS) is 13.6. The predicted octanol–water partition coefficient (Wildman–Crippen LogP) is 4.96. The van der Waals surface area contributed by atoms with Crippen molar-refractivity contribution in [3.8, 4) is 23.3 Å². The van der Waals surface area contributed by atoms with Crippen LogP contribution in [0.5, 0.6) is 17.2 Å². The minimum absolute atomic E-state index is 0.272. The van der Waals surface area contributed by atoms with Gasteiger partial charge in [-0.3, -0.25) is 0 Å². The summed E-state index contributed by atoms with van der Waals surface area (Å²) in [4.78, 5) is 0. The lowest BCUT2D eigenvalue weighted by molar-refractivity contribution is 0.299. The zero-order valence-corrected chi connectivity index (χ0v) is 13.2. The standard InChI is InChI=1S/C17H14BrNO2/c1-11-8-16(20-14-4-2-13(18)3-5-14)9-12(10-19)17(11)21-15-6-7-15/h2-5,8-9,15H,6-7H2,1H3. The zero-order valence-electron chi connectivity index (χ0n) is 11.6. The van der Waals surface area contributed by atoms with E-state index in [0.717, 1.165) is 28.6 Å². The van der Waals surface area contributed by atoms with Crippen LogP contribution in [-0.4, -0.2) is 6.10 Å². The van der Waals surface area contributed by atoms with Crippen LogP contribution < -0.4 is 9.47 Å². The number of nitriles is 1. The van der Waals surface area contributed by atoms with Gasteiger partial charge in [0.2, 0.25) is 0 Å². The molecule has 0 radical (unpaired) electrons. The number of benzene rings is 2. The molecule has 0 N–H and O–H groups in total. The van der Waals surface area contributed by atoms with Crippen molar-refractivity contribution < 1.29 is 9.47 Å². The predicted molar refractivity (Wildman–Crippen MR) is 83.8 cm³/mol. The number of rotatable bonds is 4. The molecule has 0 saturated heterocycles. The highest BCUT2D eigenvalue weighted by Gasteiger charge is 2.25. The van der Waals surface area contributed by atoms with Crippen LogP contribution in [0, 0.1) is 18.3 Å². The van der Waals surface area contributed by atoms with Gasteiger partial charge in [-0.05, 0) is 55.7 Å². The third-order valence-electron chi connectivity index (χ3n) is 3.23. The van der Waals surface area contributed by atoms with E-state index in [1.807, 2.05) is 37.3 Å². The van der Waals surface area contributed by atoms with Gasteiger partial charge in [0.1, 0.15) is 23.3 Å². The van der Waals surface area contributed by atoms with Crippen LogP contribution in [0.4, 0.5) is 0 Å². The molecule has 1 aliphatic carbocycles. The summed E-state index contributed by atoms with van der Waals surface area (Å²) >= 11 is 3.39. The van der Waals surface area contributed by atoms with Gasteiger partial charge in [-0.2, -0.15) is 5.26 Å². The topological polar surface area (TPSA) is 42.2 Å². The van der Waals surface area contributed by atoms with Crippen LogP contribution in [0.3, 0.4) is 0 Å². The highest BCUT2D eigenvalue weighted by molar-refractivity contribution is 9.10. The first kappa shape index (κ1) is 14.0. The summed E-state index contributed by atoms with van der Waals surface area (Å²) in [5.41, 5.74) is 1.45. The molecule has 2 aromatic rings. The van der Waals surface area contributed by atoms with E-state index >= 15 is 0 Å². The third kappa shape index (κ3) is 3.37. The molecule has 4 heteroatoms. The largest absolute Gasteiger partial charge is 0.489 e. The highest BCUT2D eigenvalue weighted by atomic mass is 79.9. The molecule has 3 rings (SSSR count). The van der Waals surface area contributed by atoms with Crippen molar-refractivity contribution in [1.29, 1.82) is 5.26 Å². The van der Waals surface area contributed by atoms with Gasteiger partial charge >= 0.3 is 0 Å². The van der Waals surface area contributed by atoms with Crippen molar-refractivity contribution in [3.05, 3.63) is 52.0 Å². The van der Waals surface area contributed by atoms with Crippen molar-refractivity contribution in [2.45, 2.75) is 25.9 Å². The average Bonchev–Trinajstić information content (AvgIpc) is 3.28. The van der Waals surface area contributed by atoms with E-state index in [4.69, 9.17) is 9.47 Å². The van der Waals surface area contributed by atoms with Crippen molar-refractivity contribution in [2.24, 2.45) is 0 Å². The third-order valence-corrected chi connectivity index (χ3v) is 3.76. The monoisotopic (exact) mass is 343 g/mol. The second-order valence-corrected chi connectivity index (χ2v) is 6.02. The van der Waals surface area contributed by atoms with Crippen LogP contribution in [0.15, 0.2) is 40.9 Å². The van der Waals surface area contributed by atoms with Crippen molar-refractivity contribution in [1.82, 2.24) is 0 Å². The Bertz CT molecular complexity index is 700. The summed E-state index contributed by atoms with van der Waals surface area (Å²) in [6.45, 7) is 1.94. The number of ether oxygens (including phenoxy) is 2. The molecule has 0 unspecified atom stereocenters. The Morgan fingerprint density at radius 1 is 1.14 bits per heavy atom. The lowest BCUT2D eigenvalue weighted by atomic mass is 10.1. The van der Waals surface area contributed by atoms with Crippen LogP contribution >= 0.6 is 15.9 Å². The molecule has 1 aliphatic rings. The molecule has 3 nitrogen and oxygen atoms in total. The van der Waals surface area contributed by atoms with Crippen LogP contribution in [0.2, 0.25) is 0 Å². The van der Waals surface area contributed by atoms with E-state index in [-0.39, 0.29) is 6.10 Å². The van der Waals surface area contributed by atoms with E-state index < -0.39 is 0 Å². The molecular weight excluding hydrogens is 330 g/mol. The van der Waals surface area contributed by atoms with Crippen molar-refractivity contribution >= 4 is 15.9 Å². The van der Waals surface area contributed by atoms with Crippen LogP contribution in [-0.2, 0) is 0 Å². The Morgan fingerprint density at radius 3 is 2.48 bits per heavy atom. The maximum atomic E-state index is 9.31. The van der Waals surface area contributed by atoms with Gasteiger partial charge in [0.15, 0.2) is 0 Å². The minimum Gasteiger partial charge on any atom is -0.489 e. The molecule has 0 atom stereocenters. The average molecular weight is 344 g/mol. The highest BCUT2D eigenvalue weighted by Crippen LogP contribution is 2.35. The zero-order chi connectivity index (χ0) is 14.8. The lowest BCUT2D eigenvalue weighted by Gasteiger charge is -2.13. The van der Waals surface area contributed by atoms with Crippen LogP contribution in [0.25, 0.3) is 0 Å². The number of nitrogens with zero attached hydrogens (tertiary/aromatic N) is 1. The molecule has 1 fully saturated rings. The van der Waals surface area contributed by atoms with E-state index in [9.17, 15) is 5.26 Å². The van der Waals surface area contributed by atoms with Gasteiger partial charge in [0.25, 0.3) is 0 Å². The summed E-state index contributed by atoms with van der Waals surface area (Å²) in [6, 6.07) is 13.4. The number of hydrogen-bond acceptors (Lipinski definition) is 3. The quantitative estimate of drug-likeness (QED) is 0.787. The molecule has 21 heavy (non-hydrogen) atoms. The Labute approximate surface area is 132 Å². The first-order chi connectivity index (χ1) is 10.2. The van der Waals surface area contributed by atoms with Gasteiger partial charge in [0.05, 0.1) is 11.7 Å². The van der Waals surface area contributed by atoms with Gasteiger partial charge in [0, 0.05) is 10.5 Å². The Kier molecular flexibility index (Phi) is 3.85. The molecule has 0 heterocycles. The molecule has 0 amide bonds. The van der Waals surface area contributed by atoms with E-state index in [2.05, 4.69) is 22.0 Å². The fraction of sp³-hybridized carbons (Fsp3) is 0.235. The molecule has 2 aromatic carbocycles. The maximum Gasteiger partial charge on any atom is 0.140 e. The van der Waals surface area contributed by atoms with E-state index in [1.54, 1.807) is 6.07 Å². The summed E-state index contributed by atoms with van der Waals surface area (Å²) < 4.78 is 12.6. The summed E-state index contributed by atoms with van der Waals surface area (Å²) in [5.74, 6) is 2.06. The first-order valence-corrected chi connectivity index (χ1v) is 7.60. The second-order valence-electron chi connectivity index (χ2n) is 5.10. The van der Waals surface area contributed by atoms with Gasteiger partial charge in [-0.25, -0.2) is 0 Å². The maximum absolute atomic E-state index is 9.31. The first-order valence-electron chi connectivity index (χ1n) is 6.80. The number of hydrogen-bond donors (Lipinski definition) is 0. The van der Waals surface area contributed by atoms with Gasteiger partial charge < -0.3 is 9.47 Å². The molecule has 0 aromatic heterocycles. The smallest absolute Gasteiger partial charge is 0.140 e. The molecule has 1 saturated carbocycles. The molecule has 0 spiro atoms. The molecule has 106 valence electrons. The van der Waals surface area contributed by atoms with E-state index in [1.165, 1.54) is 0 Å². The SMILES string of the molecule is Cc1cc(Oc2ccc(Br)cc2)cc(C#N)c1OC1CC1. The Hall–Kier alpha value is -1.99. The van der Waals surface area contributed by atoms with E-state index in [0.29, 0.717) is 17.1 Å². The van der Waals surface area contributed by atoms with Gasteiger partial charge in [-0.15, -0.1) is 0 Å². The summed E-state index contributed by atoms with van der Waals surface area (Å²) in [6.07, 6.45) is 2.41.